The summed E-state index contributed by atoms with van der Waals surface area (Å²) in [6.45, 7) is 8.32. The molecule has 0 saturated carbocycles. The van der Waals surface area contributed by atoms with Gasteiger partial charge in [-0.2, -0.15) is 0 Å². The van der Waals surface area contributed by atoms with E-state index in [9.17, 15) is 0 Å². The molecule has 0 N–H and O–H groups in total. The number of nitrogens with zero attached hydrogens (tertiary/aromatic N) is 4. The van der Waals surface area contributed by atoms with Crippen LogP contribution < -0.4 is 0 Å². The molecule has 11 aromatic rings. The van der Waals surface area contributed by atoms with Crippen molar-refractivity contribution in [1.29, 1.82) is 0 Å². The third-order valence-corrected chi connectivity index (χ3v) is 12.5. The average Bonchev–Trinajstić information content (AvgIpc) is 3.72. The number of hydrogen-bond acceptors (Lipinski definition) is 3. The van der Waals surface area contributed by atoms with Crippen molar-refractivity contribution >= 4 is 27.2 Å². The van der Waals surface area contributed by atoms with E-state index in [0.717, 1.165) is 61.0 Å². The summed E-state index contributed by atoms with van der Waals surface area (Å²) < 4.78 is 0. The van der Waals surface area contributed by atoms with Gasteiger partial charge in [0.1, 0.15) is 0 Å². The fourth-order valence-electron chi connectivity index (χ4n) is 9.42. The van der Waals surface area contributed by atoms with Gasteiger partial charge in [-0.15, -0.1) is 0 Å². The van der Waals surface area contributed by atoms with Crippen molar-refractivity contribution in [3.63, 3.8) is 0 Å². The number of hydrogen-bond donors (Lipinski definition) is 0. The standard InChI is InChI=1S/C60H36N4/c1-61-55-37-45(32-33-50(55)39-26-28-40(29-27-39)51-34-31-41-17-12-24-53-52-22-9-10-23-54(52)57(51)56(41)53)49-21-8-7-20-48(49)44-18-11-19-46(36-44)59-62-58(42-14-3-2-4-15-42)63-60(64-59)47-30-25-38-13-5-6-16-43(38)35-47/h2-37H. The Morgan fingerprint density at radius 3 is 1.52 bits per heavy atom. The van der Waals surface area contributed by atoms with E-state index in [4.69, 9.17) is 21.5 Å². The highest BCUT2D eigenvalue weighted by Gasteiger charge is 2.24. The van der Waals surface area contributed by atoms with Crippen LogP contribution in [-0.2, 0) is 0 Å². The lowest BCUT2D eigenvalue weighted by Gasteiger charge is -2.14. The maximum Gasteiger partial charge on any atom is 0.195 e. The smallest absolute Gasteiger partial charge is 0.195 e. The van der Waals surface area contributed by atoms with Crippen LogP contribution in [-0.4, -0.2) is 15.0 Å². The molecular weight excluding hydrogens is 777 g/mol. The molecule has 1 aliphatic carbocycles. The molecule has 0 unspecified atom stereocenters. The van der Waals surface area contributed by atoms with Crippen molar-refractivity contribution in [2.75, 3.05) is 0 Å². The van der Waals surface area contributed by atoms with Crippen molar-refractivity contribution < 1.29 is 0 Å². The highest BCUT2D eigenvalue weighted by Crippen LogP contribution is 2.51. The van der Waals surface area contributed by atoms with Crippen molar-refractivity contribution in [3.8, 4) is 101 Å². The molecule has 4 nitrogen and oxygen atoms in total. The minimum absolute atomic E-state index is 0.598. The van der Waals surface area contributed by atoms with Crippen molar-refractivity contribution in [3.05, 3.63) is 230 Å². The molecule has 1 aliphatic rings. The van der Waals surface area contributed by atoms with Crippen LogP contribution in [0.25, 0.3) is 127 Å². The Morgan fingerprint density at radius 1 is 0.281 bits per heavy atom. The molecule has 0 fully saturated rings. The second kappa shape index (κ2) is 15.3. The zero-order valence-corrected chi connectivity index (χ0v) is 34.6. The van der Waals surface area contributed by atoms with E-state index >= 15 is 0 Å². The van der Waals surface area contributed by atoms with Crippen LogP contribution in [0.15, 0.2) is 218 Å². The molecule has 0 spiro atoms. The summed E-state index contributed by atoms with van der Waals surface area (Å²) in [6.07, 6.45) is 0. The van der Waals surface area contributed by atoms with E-state index in [1.54, 1.807) is 0 Å². The second-order valence-electron chi connectivity index (χ2n) is 16.2. The van der Waals surface area contributed by atoms with E-state index in [1.165, 1.54) is 44.0 Å². The molecule has 4 heteroatoms. The molecule has 64 heavy (non-hydrogen) atoms. The summed E-state index contributed by atoms with van der Waals surface area (Å²) in [7, 11) is 0. The van der Waals surface area contributed by atoms with Crippen molar-refractivity contribution in [1.82, 2.24) is 15.0 Å². The average molecular weight is 813 g/mol. The number of fused-ring (bicyclic) bond motifs is 4. The molecule has 0 aliphatic heterocycles. The van der Waals surface area contributed by atoms with Crippen LogP contribution in [0.1, 0.15) is 0 Å². The molecule has 1 heterocycles. The normalized spacial score (nSPS) is 11.4. The first kappa shape index (κ1) is 37.0. The SMILES string of the molecule is [C-]#[N+]c1cc(-c2ccccc2-c2cccc(-c3nc(-c4ccccc4)nc(-c4ccc5ccccc5c4)n3)c2)ccc1-c1ccc(-c2ccc3cccc4c3c2-c2ccccc2-4)cc1. The number of benzene rings is 10. The molecule has 0 bridgehead atoms. The molecule has 0 amide bonds. The van der Waals surface area contributed by atoms with Crippen molar-refractivity contribution in [2.24, 2.45) is 0 Å². The van der Waals surface area contributed by atoms with Gasteiger partial charge in [0.15, 0.2) is 23.2 Å². The zero-order chi connectivity index (χ0) is 42.6. The van der Waals surface area contributed by atoms with Gasteiger partial charge in [-0.05, 0) is 107 Å². The Hall–Kier alpha value is -8.78. The monoisotopic (exact) mass is 812 g/mol. The van der Waals surface area contributed by atoms with E-state index < -0.39 is 0 Å². The fourth-order valence-corrected chi connectivity index (χ4v) is 9.42. The topological polar surface area (TPSA) is 43.0 Å². The van der Waals surface area contributed by atoms with Crippen molar-refractivity contribution in [2.45, 2.75) is 0 Å². The highest BCUT2D eigenvalue weighted by atomic mass is 15.0. The molecule has 296 valence electrons. The Bertz CT molecular complexity index is 3680. The van der Waals surface area contributed by atoms with Gasteiger partial charge in [-0.3, -0.25) is 0 Å². The lowest BCUT2D eigenvalue weighted by molar-refractivity contribution is 1.07. The van der Waals surface area contributed by atoms with Gasteiger partial charge in [0.2, 0.25) is 0 Å². The quantitative estimate of drug-likeness (QED) is 0.151. The largest absolute Gasteiger partial charge is 0.237 e. The minimum Gasteiger partial charge on any atom is -0.237 e. The minimum atomic E-state index is 0.598. The predicted molar refractivity (Wildman–Crippen MR) is 264 cm³/mol. The molecule has 0 radical (unpaired) electrons. The van der Waals surface area contributed by atoms with Crippen LogP contribution in [0.5, 0.6) is 0 Å². The fraction of sp³-hybridized carbons (Fsp3) is 0. The predicted octanol–water partition coefficient (Wildman–Crippen LogP) is 16.0. The third kappa shape index (κ3) is 6.35. The van der Waals surface area contributed by atoms with Gasteiger partial charge in [0.05, 0.1) is 6.57 Å². The summed E-state index contributed by atoms with van der Waals surface area (Å²) >= 11 is 0. The van der Waals surface area contributed by atoms with E-state index in [0.29, 0.717) is 23.2 Å². The maximum absolute atomic E-state index is 8.32. The summed E-state index contributed by atoms with van der Waals surface area (Å²) in [5, 5.41) is 4.87. The zero-order valence-electron chi connectivity index (χ0n) is 34.6. The first-order chi connectivity index (χ1) is 31.7. The summed E-state index contributed by atoms with van der Waals surface area (Å²) in [4.78, 5) is 19.2. The molecule has 10 aromatic carbocycles. The molecule has 1 aromatic heterocycles. The Balaban J connectivity index is 0.890. The lowest BCUT2D eigenvalue weighted by Crippen LogP contribution is -2.00. The van der Waals surface area contributed by atoms with E-state index in [2.05, 4.69) is 187 Å². The Morgan fingerprint density at radius 2 is 0.766 bits per heavy atom. The van der Waals surface area contributed by atoms with Crippen LogP contribution >= 0.6 is 0 Å². The Labute approximate surface area is 371 Å². The Kier molecular flexibility index (Phi) is 8.84. The highest BCUT2D eigenvalue weighted by molar-refractivity contribution is 6.19. The van der Waals surface area contributed by atoms with Gasteiger partial charge < -0.3 is 0 Å². The lowest BCUT2D eigenvalue weighted by atomic mass is 9.90. The van der Waals surface area contributed by atoms with Gasteiger partial charge >= 0.3 is 0 Å². The van der Waals surface area contributed by atoms with Crippen LogP contribution in [0.2, 0.25) is 0 Å². The van der Waals surface area contributed by atoms with Gasteiger partial charge in [0.25, 0.3) is 0 Å². The maximum atomic E-state index is 8.32. The third-order valence-electron chi connectivity index (χ3n) is 12.5. The number of rotatable bonds is 7. The van der Waals surface area contributed by atoms with Gasteiger partial charge in [-0.1, -0.05) is 200 Å². The second-order valence-corrected chi connectivity index (χ2v) is 16.2. The number of aromatic nitrogens is 3. The summed E-state index contributed by atoms with van der Waals surface area (Å²) in [5.74, 6) is 1.84. The molecule has 0 atom stereocenters. The van der Waals surface area contributed by atoms with E-state index in [1.807, 2.05) is 36.4 Å². The molecular formula is C60H36N4. The van der Waals surface area contributed by atoms with Crippen LogP contribution in [0.4, 0.5) is 5.69 Å². The summed E-state index contributed by atoms with van der Waals surface area (Å²) in [6, 6.07) is 76.2. The van der Waals surface area contributed by atoms with Gasteiger partial charge in [0, 0.05) is 16.7 Å². The first-order valence-electron chi connectivity index (χ1n) is 21.5. The van der Waals surface area contributed by atoms with E-state index in [-0.39, 0.29) is 0 Å². The van der Waals surface area contributed by atoms with Gasteiger partial charge in [-0.25, -0.2) is 19.8 Å². The van der Waals surface area contributed by atoms with Crippen LogP contribution in [0.3, 0.4) is 0 Å². The molecule has 12 rings (SSSR count). The van der Waals surface area contributed by atoms with Crippen LogP contribution in [0, 0.1) is 6.57 Å². The summed E-state index contributed by atoms with van der Waals surface area (Å²) in [5.41, 5.74) is 16.9. The first-order valence-corrected chi connectivity index (χ1v) is 21.5. The molecule has 0 saturated heterocycles.